The summed E-state index contributed by atoms with van der Waals surface area (Å²) in [6.45, 7) is 1.19. The van der Waals surface area contributed by atoms with Gasteiger partial charge >= 0.3 is 6.03 Å². The maximum absolute atomic E-state index is 12.5. The Morgan fingerprint density at radius 3 is 2.46 bits per heavy atom. The minimum Gasteiger partial charge on any atom is -0.497 e. The third-order valence-corrected chi connectivity index (χ3v) is 4.12. The molecular weight excluding hydrogens is 336 g/mol. The third kappa shape index (κ3) is 4.53. The molecule has 138 valence electrons. The molecule has 26 heavy (non-hydrogen) atoms. The maximum atomic E-state index is 12.5. The smallest absolute Gasteiger partial charge is 0.321 e. The van der Waals surface area contributed by atoms with E-state index in [0.29, 0.717) is 24.8 Å². The van der Waals surface area contributed by atoms with Gasteiger partial charge in [-0.1, -0.05) is 0 Å². The predicted octanol–water partition coefficient (Wildman–Crippen LogP) is 2.57. The highest BCUT2D eigenvalue weighted by Crippen LogP contribution is 2.19. The van der Waals surface area contributed by atoms with E-state index in [9.17, 15) is 4.79 Å². The molecule has 0 saturated carbocycles. The topological polar surface area (TPSA) is 85.8 Å². The predicted molar refractivity (Wildman–Crippen MR) is 95.8 cm³/mol. The van der Waals surface area contributed by atoms with Gasteiger partial charge in [0, 0.05) is 24.4 Å². The van der Waals surface area contributed by atoms with Crippen LogP contribution in [0.1, 0.15) is 12.8 Å². The Balaban J connectivity index is 1.55. The van der Waals surface area contributed by atoms with E-state index in [4.69, 9.17) is 14.2 Å². The monoisotopic (exact) mass is 358 g/mol. The Morgan fingerprint density at radius 2 is 1.81 bits per heavy atom. The number of nitrogens with one attached hydrogen (secondary N) is 1. The fraction of sp³-hybridized carbons (Fsp3) is 0.389. The number of amides is 2. The maximum Gasteiger partial charge on any atom is 0.321 e. The molecule has 1 atom stereocenters. The Hall–Kier alpha value is -3.03. The van der Waals surface area contributed by atoms with Crippen LogP contribution in [0.4, 0.5) is 10.5 Å². The van der Waals surface area contributed by atoms with Crippen molar-refractivity contribution in [1.82, 2.24) is 15.1 Å². The molecule has 0 spiro atoms. The summed E-state index contributed by atoms with van der Waals surface area (Å²) in [6, 6.07) is 10.5. The van der Waals surface area contributed by atoms with Crippen molar-refractivity contribution in [3.05, 3.63) is 36.4 Å². The lowest BCUT2D eigenvalue weighted by Crippen LogP contribution is -2.46. The molecule has 1 saturated heterocycles. The first-order valence-corrected chi connectivity index (χ1v) is 8.42. The zero-order valence-electron chi connectivity index (χ0n) is 14.8. The number of methoxy groups -OCH3 is 2. The van der Waals surface area contributed by atoms with Gasteiger partial charge in [-0.2, -0.15) is 0 Å². The Bertz CT molecular complexity index is 721. The first-order chi connectivity index (χ1) is 12.7. The molecule has 1 aliphatic rings. The normalized spacial score (nSPS) is 16.7. The Kier molecular flexibility index (Phi) is 5.73. The van der Waals surface area contributed by atoms with E-state index >= 15 is 0 Å². The molecule has 1 aromatic heterocycles. The number of nitrogens with zero attached hydrogens (tertiary/aromatic N) is 3. The van der Waals surface area contributed by atoms with Crippen LogP contribution >= 0.6 is 0 Å². The average molecular weight is 358 g/mol. The van der Waals surface area contributed by atoms with Crippen LogP contribution in [0.15, 0.2) is 36.4 Å². The Morgan fingerprint density at radius 1 is 1.08 bits per heavy atom. The number of aromatic nitrogens is 2. The van der Waals surface area contributed by atoms with Crippen LogP contribution in [0, 0.1) is 0 Å². The summed E-state index contributed by atoms with van der Waals surface area (Å²) in [5, 5.41) is 10.7. The van der Waals surface area contributed by atoms with Crippen molar-refractivity contribution in [2.45, 2.75) is 18.9 Å². The SMILES string of the molecule is COc1ccc(NC(=O)N2CCCC(Oc3ccc(OC)nn3)C2)cc1. The van der Waals surface area contributed by atoms with Gasteiger partial charge in [-0.15, -0.1) is 10.2 Å². The molecule has 0 radical (unpaired) electrons. The summed E-state index contributed by atoms with van der Waals surface area (Å²) in [5.74, 6) is 1.60. The summed E-state index contributed by atoms with van der Waals surface area (Å²) >= 11 is 0. The van der Waals surface area contributed by atoms with E-state index in [0.717, 1.165) is 24.3 Å². The van der Waals surface area contributed by atoms with E-state index in [1.807, 2.05) is 12.1 Å². The lowest BCUT2D eigenvalue weighted by molar-refractivity contribution is 0.101. The second-order valence-electron chi connectivity index (χ2n) is 5.90. The highest BCUT2D eigenvalue weighted by Gasteiger charge is 2.25. The fourth-order valence-corrected chi connectivity index (χ4v) is 2.75. The largest absolute Gasteiger partial charge is 0.497 e. The van der Waals surface area contributed by atoms with Crippen molar-refractivity contribution in [1.29, 1.82) is 0 Å². The van der Waals surface area contributed by atoms with Crippen LogP contribution < -0.4 is 19.5 Å². The van der Waals surface area contributed by atoms with Crippen molar-refractivity contribution < 1.29 is 19.0 Å². The molecule has 2 heterocycles. The number of hydrogen-bond acceptors (Lipinski definition) is 6. The molecule has 2 aromatic rings. The van der Waals surface area contributed by atoms with Crippen molar-refractivity contribution in [3.8, 4) is 17.5 Å². The minimum absolute atomic E-state index is 0.118. The number of urea groups is 1. The van der Waals surface area contributed by atoms with Gasteiger partial charge in [-0.3, -0.25) is 0 Å². The number of ether oxygens (including phenoxy) is 3. The van der Waals surface area contributed by atoms with Gasteiger partial charge in [-0.05, 0) is 37.1 Å². The highest BCUT2D eigenvalue weighted by molar-refractivity contribution is 5.89. The van der Waals surface area contributed by atoms with Gasteiger partial charge in [0.25, 0.3) is 0 Å². The zero-order valence-corrected chi connectivity index (χ0v) is 14.8. The van der Waals surface area contributed by atoms with Gasteiger partial charge in [0.1, 0.15) is 11.9 Å². The molecule has 3 rings (SSSR count). The molecule has 1 fully saturated rings. The highest BCUT2D eigenvalue weighted by atomic mass is 16.5. The molecule has 8 heteroatoms. The van der Waals surface area contributed by atoms with Crippen molar-refractivity contribution in [2.75, 3.05) is 32.6 Å². The molecule has 1 N–H and O–H groups in total. The van der Waals surface area contributed by atoms with Gasteiger partial charge in [0.2, 0.25) is 11.8 Å². The van der Waals surface area contributed by atoms with Gasteiger partial charge in [0.15, 0.2) is 0 Å². The summed E-state index contributed by atoms with van der Waals surface area (Å²) in [5.41, 5.74) is 0.722. The lowest BCUT2D eigenvalue weighted by Gasteiger charge is -2.32. The summed E-state index contributed by atoms with van der Waals surface area (Å²) in [4.78, 5) is 14.2. The fourth-order valence-electron chi connectivity index (χ4n) is 2.75. The number of likely N-dealkylation sites (tertiary alicyclic amines) is 1. The molecule has 1 aromatic carbocycles. The summed E-state index contributed by atoms with van der Waals surface area (Å²) in [7, 11) is 3.14. The van der Waals surface area contributed by atoms with Crippen LogP contribution in [0.5, 0.6) is 17.5 Å². The summed E-state index contributed by atoms with van der Waals surface area (Å²) in [6.07, 6.45) is 1.61. The second kappa shape index (κ2) is 8.37. The van der Waals surface area contributed by atoms with E-state index in [1.165, 1.54) is 7.11 Å². The first kappa shape index (κ1) is 17.8. The Labute approximate surface area is 152 Å². The minimum atomic E-state index is -0.149. The van der Waals surface area contributed by atoms with E-state index < -0.39 is 0 Å². The van der Waals surface area contributed by atoms with Crippen molar-refractivity contribution in [3.63, 3.8) is 0 Å². The molecule has 0 aliphatic carbocycles. The number of rotatable bonds is 5. The number of piperidine rings is 1. The van der Waals surface area contributed by atoms with Crippen LogP contribution in [0.25, 0.3) is 0 Å². The van der Waals surface area contributed by atoms with Crippen molar-refractivity contribution >= 4 is 11.7 Å². The van der Waals surface area contributed by atoms with Crippen LogP contribution in [-0.4, -0.2) is 54.5 Å². The van der Waals surface area contributed by atoms with Gasteiger partial charge in [0.05, 0.1) is 20.8 Å². The molecular formula is C18H22N4O4. The van der Waals surface area contributed by atoms with Crippen molar-refractivity contribution in [2.24, 2.45) is 0 Å². The summed E-state index contributed by atoms with van der Waals surface area (Å²) < 4.78 is 15.9. The number of anilines is 1. The van der Waals surface area contributed by atoms with Crippen LogP contribution in [-0.2, 0) is 0 Å². The van der Waals surface area contributed by atoms with E-state index in [-0.39, 0.29) is 12.1 Å². The van der Waals surface area contributed by atoms with Gasteiger partial charge in [-0.25, -0.2) is 4.79 Å². The number of benzene rings is 1. The second-order valence-corrected chi connectivity index (χ2v) is 5.90. The standard InChI is InChI=1S/C18H22N4O4/c1-24-14-7-5-13(6-8-14)19-18(23)22-11-3-4-15(12-22)26-17-10-9-16(25-2)20-21-17/h5-10,15H,3-4,11-12H2,1-2H3,(H,19,23). The number of hydrogen-bond donors (Lipinski definition) is 1. The molecule has 1 unspecified atom stereocenters. The van der Waals surface area contributed by atoms with E-state index in [2.05, 4.69) is 15.5 Å². The quantitative estimate of drug-likeness (QED) is 0.884. The zero-order chi connectivity index (χ0) is 18.4. The van der Waals surface area contributed by atoms with Crippen LogP contribution in [0.3, 0.4) is 0 Å². The molecule has 1 aliphatic heterocycles. The first-order valence-electron chi connectivity index (χ1n) is 8.42. The molecule has 8 nitrogen and oxygen atoms in total. The van der Waals surface area contributed by atoms with Gasteiger partial charge < -0.3 is 24.4 Å². The lowest BCUT2D eigenvalue weighted by atomic mass is 10.1. The average Bonchev–Trinajstić information content (AvgIpc) is 2.69. The molecule has 2 amide bonds. The third-order valence-electron chi connectivity index (χ3n) is 4.12. The van der Waals surface area contributed by atoms with E-state index in [1.54, 1.807) is 36.3 Å². The number of carbonyl (C=O) groups is 1. The van der Waals surface area contributed by atoms with Crippen LogP contribution in [0.2, 0.25) is 0 Å². The molecule has 0 bridgehead atoms. The number of carbonyl (C=O) groups excluding carboxylic acids is 1.